The van der Waals surface area contributed by atoms with Gasteiger partial charge in [-0.15, -0.1) is 0 Å². The molecule has 6 nitrogen and oxygen atoms in total. The molecular weight excluding hydrogens is 459 g/mol. The third kappa shape index (κ3) is 4.77. The van der Waals surface area contributed by atoms with E-state index in [1.807, 2.05) is 0 Å². The molecule has 0 aliphatic carbocycles. The smallest absolute Gasteiger partial charge is 0.266 e. The second kappa shape index (κ2) is 8.39. The number of carbonyl (C=O) groups excluding carboxylic acids is 1. The van der Waals surface area contributed by atoms with Gasteiger partial charge in [0, 0.05) is 11.6 Å². The molecule has 0 atom stereocenters. The maximum absolute atomic E-state index is 13.1. The Bertz CT molecular complexity index is 1300. The molecular formula is C21H15FN2O4S3. The van der Waals surface area contributed by atoms with Crippen LogP contribution in [0, 0.1) is 5.82 Å². The molecule has 1 amide bonds. The van der Waals surface area contributed by atoms with Crippen molar-refractivity contribution in [2.75, 3.05) is 0 Å². The number of hydrogen-bond acceptors (Lipinski definition) is 6. The van der Waals surface area contributed by atoms with Crippen molar-refractivity contribution in [3.05, 3.63) is 82.7 Å². The Labute approximate surface area is 187 Å². The van der Waals surface area contributed by atoms with Gasteiger partial charge in [-0.2, -0.15) is 0 Å². The van der Waals surface area contributed by atoms with Crippen molar-refractivity contribution in [1.82, 2.24) is 4.90 Å². The second-order valence-electron chi connectivity index (χ2n) is 6.67. The average molecular weight is 475 g/mol. The van der Waals surface area contributed by atoms with Crippen LogP contribution in [0.2, 0.25) is 0 Å². The summed E-state index contributed by atoms with van der Waals surface area (Å²) >= 11 is 6.49. The van der Waals surface area contributed by atoms with E-state index in [2.05, 4.69) is 0 Å². The summed E-state index contributed by atoms with van der Waals surface area (Å²) in [4.78, 5) is 14.6. The van der Waals surface area contributed by atoms with Gasteiger partial charge in [-0.3, -0.25) is 9.69 Å². The highest BCUT2D eigenvalue weighted by Crippen LogP contribution is 2.34. The largest absolute Gasteiger partial charge is 0.457 e. The van der Waals surface area contributed by atoms with Gasteiger partial charge in [0.25, 0.3) is 5.91 Å². The van der Waals surface area contributed by atoms with E-state index in [1.54, 1.807) is 42.5 Å². The number of nitrogens with two attached hydrogens (primary N) is 1. The van der Waals surface area contributed by atoms with E-state index in [0.29, 0.717) is 26.3 Å². The number of benzene rings is 2. The van der Waals surface area contributed by atoms with Crippen LogP contribution in [0.3, 0.4) is 0 Å². The minimum atomic E-state index is -3.77. The summed E-state index contributed by atoms with van der Waals surface area (Å²) in [6, 6.07) is 15.3. The number of thioether (sulfide) groups is 1. The zero-order valence-electron chi connectivity index (χ0n) is 15.8. The number of primary sulfonamides is 1. The number of amides is 1. The first kappa shape index (κ1) is 21.4. The molecule has 0 spiro atoms. The van der Waals surface area contributed by atoms with Crippen LogP contribution in [0.5, 0.6) is 0 Å². The normalized spacial score (nSPS) is 15.8. The van der Waals surface area contributed by atoms with Crippen molar-refractivity contribution in [2.45, 2.75) is 11.4 Å². The van der Waals surface area contributed by atoms with Crippen LogP contribution in [0.25, 0.3) is 17.4 Å². The van der Waals surface area contributed by atoms with Crippen LogP contribution in [0.1, 0.15) is 11.3 Å². The summed E-state index contributed by atoms with van der Waals surface area (Å²) in [6.07, 6.45) is 1.60. The fourth-order valence-electron chi connectivity index (χ4n) is 2.93. The minimum Gasteiger partial charge on any atom is -0.457 e. The Balaban J connectivity index is 1.52. The number of sulfonamides is 1. The van der Waals surface area contributed by atoms with Gasteiger partial charge in [0.05, 0.1) is 16.3 Å². The maximum atomic E-state index is 13.1. The summed E-state index contributed by atoms with van der Waals surface area (Å²) in [5.74, 6) is 0.360. The van der Waals surface area contributed by atoms with Crippen molar-refractivity contribution in [3.8, 4) is 11.3 Å². The van der Waals surface area contributed by atoms with Crippen molar-refractivity contribution >= 4 is 50.3 Å². The van der Waals surface area contributed by atoms with Gasteiger partial charge >= 0.3 is 0 Å². The molecule has 0 saturated carbocycles. The third-order valence-electron chi connectivity index (χ3n) is 4.50. The molecule has 1 aliphatic rings. The van der Waals surface area contributed by atoms with E-state index < -0.39 is 10.0 Å². The van der Waals surface area contributed by atoms with Gasteiger partial charge in [0.2, 0.25) is 10.0 Å². The number of nitrogens with zero attached hydrogens (tertiary/aromatic N) is 1. The van der Waals surface area contributed by atoms with Gasteiger partial charge < -0.3 is 4.42 Å². The number of furan rings is 1. The zero-order valence-corrected chi connectivity index (χ0v) is 18.3. The molecule has 158 valence electrons. The first-order valence-electron chi connectivity index (χ1n) is 8.93. The van der Waals surface area contributed by atoms with Crippen molar-refractivity contribution in [1.29, 1.82) is 0 Å². The van der Waals surface area contributed by atoms with Crippen LogP contribution in [0.4, 0.5) is 4.39 Å². The summed E-state index contributed by atoms with van der Waals surface area (Å²) in [5, 5.41) is 5.11. The first-order valence-corrected chi connectivity index (χ1v) is 11.7. The van der Waals surface area contributed by atoms with Gasteiger partial charge in [-0.25, -0.2) is 17.9 Å². The Kier molecular flexibility index (Phi) is 5.80. The molecule has 2 heterocycles. The lowest BCUT2D eigenvalue weighted by atomic mass is 10.2. The Morgan fingerprint density at radius 2 is 1.74 bits per heavy atom. The lowest BCUT2D eigenvalue weighted by Crippen LogP contribution is -2.27. The molecule has 1 fully saturated rings. The molecule has 0 bridgehead atoms. The summed E-state index contributed by atoms with van der Waals surface area (Å²) in [7, 11) is -3.77. The molecule has 0 unspecified atom stereocenters. The van der Waals surface area contributed by atoms with Crippen LogP contribution >= 0.6 is 24.0 Å². The monoisotopic (exact) mass is 474 g/mol. The molecule has 0 radical (unpaired) electrons. The van der Waals surface area contributed by atoms with Gasteiger partial charge in [0.15, 0.2) is 0 Å². The van der Waals surface area contributed by atoms with E-state index in [4.69, 9.17) is 21.8 Å². The van der Waals surface area contributed by atoms with Gasteiger partial charge in [-0.05, 0) is 54.1 Å². The summed E-state index contributed by atoms with van der Waals surface area (Å²) in [6.45, 7) is 0.252. The highest BCUT2D eigenvalue weighted by atomic mass is 32.2. The molecule has 10 heteroatoms. The number of thiocarbonyl (C=S) groups is 1. The number of hydrogen-bond donors (Lipinski definition) is 1. The highest BCUT2D eigenvalue weighted by Gasteiger charge is 2.32. The van der Waals surface area contributed by atoms with Crippen LogP contribution in [-0.4, -0.2) is 23.5 Å². The van der Waals surface area contributed by atoms with E-state index >= 15 is 0 Å². The SMILES string of the molecule is NS(=O)(=O)c1ccc(-c2ccc(/C=C3\SC(=S)N(Cc4ccc(F)cc4)C3=O)o2)cc1. The van der Waals surface area contributed by atoms with Crippen molar-refractivity contribution in [2.24, 2.45) is 5.14 Å². The first-order chi connectivity index (χ1) is 14.7. The quantitative estimate of drug-likeness (QED) is 0.441. The maximum Gasteiger partial charge on any atom is 0.266 e. The molecule has 2 N–H and O–H groups in total. The number of rotatable bonds is 5. The third-order valence-corrected chi connectivity index (χ3v) is 6.80. The lowest BCUT2D eigenvalue weighted by Gasteiger charge is -2.14. The molecule has 3 aromatic rings. The Hall–Kier alpha value is -2.79. The number of carbonyl (C=O) groups is 1. The fraction of sp³-hybridized carbons (Fsp3) is 0.0476. The predicted octanol–water partition coefficient (Wildman–Crippen LogP) is 4.13. The number of halogens is 1. The molecule has 4 rings (SSSR count). The van der Waals surface area contributed by atoms with E-state index in [0.717, 1.165) is 17.3 Å². The summed E-state index contributed by atoms with van der Waals surface area (Å²) < 4.78 is 42.0. The fourth-order valence-corrected chi connectivity index (χ4v) is 4.68. The average Bonchev–Trinajstić information content (AvgIpc) is 3.29. The molecule has 1 aromatic heterocycles. The van der Waals surface area contributed by atoms with E-state index in [-0.39, 0.29) is 23.2 Å². The van der Waals surface area contributed by atoms with Crippen LogP contribution in [-0.2, 0) is 21.4 Å². The Morgan fingerprint density at radius 3 is 2.39 bits per heavy atom. The second-order valence-corrected chi connectivity index (χ2v) is 9.90. The Morgan fingerprint density at radius 1 is 1.06 bits per heavy atom. The minimum absolute atomic E-state index is 0.00728. The van der Waals surface area contributed by atoms with Gasteiger partial charge in [0.1, 0.15) is 21.7 Å². The molecule has 1 saturated heterocycles. The standard InChI is InChI=1S/C21H15FN2O4S3/c22-15-5-1-13(2-6-15)12-24-20(25)19(30-21(24)29)11-16-7-10-18(28-16)14-3-8-17(9-4-14)31(23,26)27/h1-11H,12H2,(H2,23,26,27)/b19-11-. The van der Waals surface area contributed by atoms with Crippen molar-refractivity contribution < 1.29 is 22.0 Å². The van der Waals surface area contributed by atoms with Gasteiger partial charge in [-0.1, -0.05) is 36.1 Å². The van der Waals surface area contributed by atoms with Crippen LogP contribution in [0.15, 0.2) is 74.9 Å². The highest BCUT2D eigenvalue weighted by molar-refractivity contribution is 8.26. The molecule has 2 aromatic carbocycles. The van der Waals surface area contributed by atoms with Crippen molar-refractivity contribution in [3.63, 3.8) is 0 Å². The van der Waals surface area contributed by atoms with E-state index in [9.17, 15) is 17.6 Å². The van der Waals surface area contributed by atoms with E-state index in [1.165, 1.54) is 29.2 Å². The zero-order chi connectivity index (χ0) is 22.2. The lowest BCUT2D eigenvalue weighted by molar-refractivity contribution is -0.122. The van der Waals surface area contributed by atoms with Crippen LogP contribution < -0.4 is 5.14 Å². The topological polar surface area (TPSA) is 93.6 Å². The molecule has 1 aliphatic heterocycles. The predicted molar refractivity (Wildman–Crippen MR) is 121 cm³/mol. The molecule has 31 heavy (non-hydrogen) atoms. The summed E-state index contributed by atoms with van der Waals surface area (Å²) in [5.41, 5.74) is 1.43.